The van der Waals surface area contributed by atoms with Crippen LogP contribution in [0.3, 0.4) is 0 Å². The molecule has 0 saturated carbocycles. The summed E-state index contributed by atoms with van der Waals surface area (Å²) in [5.41, 5.74) is 1.66. The molecule has 2 N–H and O–H groups in total. The number of alkyl halides is 1. The van der Waals surface area contributed by atoms with Crippen LogP contribution in [0.1, 0.15) is 21.6 Å². The monoisotopic (exact) mass is 357 g/mol. The summed E-state index contributed by atoms with van der Waals surface area (Å²) in [4.78, 5) is 25.9. The maximum absolute atomic E-state index is 13.0. The van der Waals surface area contributed by atoms with Gasteiger partial charge in [-0.3, -0.25) is 4.79 Å². The lowest BCUT2D eigenvalue weighted by molar-refractivity contribution is -0.138. The third kappa shape index (κ3) is 2.66. The standard InChI is InChI=1S/C19H16ClNO4/c1-11-16(14-10-13(25-2)8-9-15(14)21-11)19(20,18(23)24)17(22)12-6-4-3-5-7-12/h3-10,21H,1-2H3,(H,23,24). The van der Waals surface area contributed by atoms with Gasteiger partial charge in [-0.05, 0) is 25.1 Å². The molecule has 0 aliphatic carbocycles. The fourth-order valence-corrected chi connectivity index (χ4v) is 3.34. The highest BCUT2D eigenvalue weighted by Crippen LogP contribution is 2.41. The minimum atomic E-state index is -2.24. The van der Waals surface area contributed by atoms with E-state index in [1.807, 2.05) is 0 Å². The summed E-state index contributed by atoms with van der Waals surface area (Å²) in [6.45, 7) is 1.69. The molecule has 5 nitrogen and oxygen atoms in total. The second-order valence-electron chi connectivity index (χ2n) is 5.70. The molecule has 0 aliphatic rings. The molecule has 0 fully saturated rings. The van der Waals surface area contributed by atoms with E-state index in [0.29, 0.717) is 22.3 Å². The Hall–Kier alpha value is -2.79. The molecule has 2 aromatic carbocycles. The van der Waals surface area contributed by atoms with Crippen LogP contribution >= 0.6 is 11.6 Å². The Labute approximate surface area is 149 Å². The number of nitrogens with one attached hydrogen (secondary N) is 1. The molecule has 128 valence electrons. The highest BCUT2D eigenvalue weighted by Gasteiger charge is 2.49. The number of ketones is 1. The van der Waals surface area contributed by atoms with E-state index < -0.39 is 16.6 Å². The minimum absolute atomic E-state index is 0.226. The van der Waals surface area contributed by atoms with Gasteiger partial charge in [0.2, 0.25) is 4.87 Å². The third-order valence-electron chi connectivity index (χ3n) is 4.18. The largest absolute Gasteiger partial charge is 0.497 e. The number of rotatable bonds is 5. The number of hydrogen-bond acceptors (Lipinski definition) is 3. The summed E-state index contributed by atoms with van der Waals surface area (Å²) >= 11 is 6.50. The zero-order valence-electron chi connectivity index (χ0n) is 13.7. The van der Waals surface area contributed by atoms with Crippen molar-refractivity contribution in [1.29, 1.82) is 0 Å². The Balaban J connectivity index is 2.29. The van der Waals surface area contributed by atoms with E-state index in [0.717, 1.165) is 0 Å². The highest BCUT2D eigenvalue weighted by atomic mass is 35.5. The van der Waals surface area contributed by atoms with Crippen molar-refractivity contribution in [1.82, 2.24) is 4.98 Å². The lowest BCUT2D eigenvalue weighted by atomic mass is 9.87. The first-order chi connectivity index (χ1) is 11.9. The average molecular weight is 358 g/mol. The van der Waals surface area contributed by atoms with E-state index in [9.17, 15) is 14.7 Å². The van der Waals surface area contributed by atoms with E-state index in [1.54, 1.807) is 55.5 Å². The number of Topliss-reactive ketones (excluding diaryl/α,β-unsaturated/α-hetero) is 1. The number of aromatic nitrogens is 1. The number of carbonyl (C=O) groups excluding carboxylic acids is 1. The number of halogens is 1. The second kappa shape index (κ2) is 6.26. The van der Waals surface area contributed by atoms with E-state index in [1.165, 1.54) is 7.11 Å². The van der Waals surface area contributed by atoms with Crippen molar-refractivity contribution in [3.05, 3.63) is 65.4 Å². The van der Waals surface area contributed by atoms with Gasteiger partial charge in [-0.15, -0.1) is 0 Å². The molecule has 3 rings (SSSR count). The number of aliphatic carboxylic acids is 1. The molecular weight excluding hydrogens is 342 g/mol. The number of aryl methyl sites for hydroxylation is 1. The van der Waals surface area contributed by atoms with Crippen molar-refractivity contribution in [2.24, 2.45) is 0 Å². The van der Waals surface area contributed by atoms with Gasteiger partial charge in [0.05, 0.1) is 7.11 Å². The van der Waals surface area contributed by atoms with Crippen LogP contribution in [0, 0.1) is 6.92 Å². The van der Waals surface area contributed by atoms with E-state index >= 15 is 0 Å². The molecular formula is C19H16ClNO4. The Kier molecular flexibility index (Phi) is 4.27. The zero-order valence-corrected chi connectivity index (χ0v) is 14.4. The van der Waals surface area contributed by atoms with Crippen molar-refractivity contribution in [3.63, 3.8) is 0 Å². The van der Waals surface area contributed by atoms with Gasteiger partial charge in [0, 0.05) is 27.7 Å². The van der Waals surface area contributed by atoms with Gasteiger partial charge in [-0.2, -0.15) is 0 Å². The molecule has 0 saturated heterocycles. The molecule has 0 spiro atoms. The molecule has 1 atom stereocenters. The van der Waals surface area contributed by atoms with Gasteiger partial charge >= 0.3 is 5.97 Å². The summed E-state index contributed by atoms with van der Waals surface area (Å²) < 4.78 is 5.22. The summed E-state index contributed by atoms with van der Waals surface area (Å²) in [5.74, 6) is -1.56. The second-order valence-corrected chi connectivity index (χ2v) is 6.26. The maximum Gasteiger partial charge on any atom is 0.337 e. The number of carboxylic acids is 1. The first kappa shape index (κ1) is 17.0. The average Bonchev–Trinajstić information content (AvgIpc) is 2.96. The predicted octanol–water partition coefficient (Wildman–Crippen LogP) is 3.89. The van der Waals surface area contributed by atoms with Crippen molar-refractivity contribution >= 4 is 34.3 Å². The van der Waals surface area contributed by atoms with Crippen LogP contribution in [0.5, 0.6) is 5.75 Å². The Morgan fingerprint density at radius 3 is 2.44 bits per heavy atom. The molecule has 6 heteroatoms. The molecule has 1 aromatic heterocycles. The molecule has 25 heavy (non-hydrogen) atoms. The Bertz CT molecular complexity index is 964. The van der Waals surface area contributed by atoms with Gasteiger partial charge in [0.25, 0.3) is 0 Å². The van der Waals surface area contributed by atoms with E-state index in [2.05, 4.69) is 4.98 Å². The third-order valence-corrected chi connectivity index (χ3v) is 4.70. The lowest BCUT2D eigenvalue weighted by Gasteiger charge is -2.22. The number of hydrogen-bond donors (Lipinski definition) is 2. The Morgan fingerprint density at radius 1 is 1.16 bits per heavy atom. The first-order valence-electron chi connectivity index (χ1n) is 7.58. The van der Waals surface area contributed by atoms with Gasteiger partial charge in [-0.25, -0.2) is 4.79 Å². The minimum Gasteiger partial charge on any atom is -0.497 e. The van der Waals surface area contributed by atoms with Gasteiger partial charge in [0.1, 0.15) is 5.75 Å². The van der Waals surface area contributed by atoms with Crippen LogP contribution in [0.25, 0.3) is 10.9 Å². The zero-order chi connectivity index (χ0) is 18.2. The van der Waals surface area contributed by atoms with Crippen molar-refractivity contribution < 1.29 is 19.4 Å². The summed E-state index contributed by atoms with van der Waals surface area (Å²) in [7, 11) is 1.51. The van der Waals surface area contributed by atoms with E-state index in [4.69, 9.17) is 16.3 Å². The number of ether oxygens (including phenoxy) is 1. The van der Waals surface area contributed by atoms with Crippen molar-refractivity contribution in [2.45, 2.75) is 11.8 Å². The topological polar surface area (TPSA) is 79.4 Å². The van der Waals surface area contributed by atoms with Crippen molar-refractivity contribution in [2.75, 3.05) is 7.11 Å². The van der Waals surface area contributed by atoms with Gasteiger partial charge in [0.15, 0.2) is 5.78 Å². The maximum atomic E-state index is 13.0. The first-order valence-corrected chi connectivity index (χ1v) is 7.96. The van der Waals surface area contributed by atoms with Crippen LogP contribution in [-0.2, 0) is 9.67 Å². The number of fused-ring (bicyclic) bond motifs is 1. The quantitative estimate of drug-likeness (QED) is 0.412. The molecule has 3 aromatic rings. The highest BCUT2D eigenvalue weighted by molar-refractivity contribution is 6.48. The van der Waals surface area contributed by atoms with Crippen LogP contribution < -0.4 is 4.74 Å². The fourth-order valence-electron chi connectivity index (χ4n) is 2.98. The summed E-state index contributed by atoms with van der Waals surface area (Å²) in [5, 5.41) is 10.4. The molecule has 0 aliphatic heterocycles. The summed E-state index contributed by atoms with van der Waals surface area (Å²) in [6.07, 6.45) is 0. The smallest absolute Gasteiger partial charge is 0.337 e. The van der Waals surface area contributed by atoms with Gasteiger partial charge < -0.3 is 14.8 Å². The van der Waals surface area contributed by atoms with Crippen molar-refractivity contribution in [3.8, 4) is 5.75 Å². The number of methoxy groups -OCH3 is 1. The number of aromatic amines is 1. The normalized spacial score (nSPS) is 13.4. The molecule has 0 radical (unpaired) electrons. The van der Waals surface area contributed by atoms with Crippen LogP contribution in [0.2, 0.25) is 0 Å². The van der Waals surface area contributed by atoms with Crippen LogP contribution in [0.4, 0.5) is 0 Å². The van der Waals surface area contributed by atoms with Crippen LogP contribution in [-0.4, -0.2) is 29.0 Å². The predicted molar refractivity (Wildman–Crippen MR) is 95.5 cm³/mol. The Morgan fingerprint density at radius 2 is 1.84 bits per heavy atom. The summed E-state index contributed by atoms with van der Waals surface area (Å²) in [6, 6.07) is 13.4. The number of carbonyl (C=O) groups is 2. The SMILES string of the molecule is COc1ccc2[nH]c(C)c(C(Cl)(C(=O)O)C(=O)c3ccccc3)c2c1. The van der Waals surface area contributed by atoms with Crippen LogP contribution in [0.15, 0.2) is 48.5 Å². The lowest BCUT2D eigenvalue weighted by Crippen LogP contribution is -2.39. The van der Waals surface area contributed by atoms with E-state index in [-0.39, 0.29) is 11.1 Å². The molecule has 1 unspecified atom stereocenters. The number of benzene rings is 2. The molecule has 0 bridgehead atoms. The van der Waals surface area contributed by atoms with Gasteiger partial charge in [-0.1, -0.05) is 41.9 Å². The molecule has 0 amide bonds. The number of carboxylic acid groups (broad SMARTS) is 1. The fraction of sp³-hybridized carbons (Fsp3) is 0.158. The number of H-pyrrole nitrogens is 1. The molecule has 1 heterocycles.